The Labute approximate surface area is 127 Å². The van der Waals surface area contributed by atoms with Crippen molar-refractivity contribution in [1.82, 2.24) is 5.32 Å². The van der Waals surface area contributed by atoms with Crippen LogP contribution in [0.25, 0.3) is 0 Å². The van der Waals surface area contributed by atoms with Crippen LogP contribution < -0.4 is 10.1 Å². The van der Waals surface area contributed by atoms with Crippen molar-refractivity contribution in [3.8, 4) is 5.75 Å². The van der Waals surface area contributed by atoms with E-state index in [1.165, 1.54) is 0 Å². The summed E-state index contributed by atoms with van der Waals surface area (Å²) in [6.07, 6.45) is -3.23. The van der Waals surface area contributed by atoms with E-state index in [0.717, 1.165) is 5.56 Å². The summed E-state index contributed by atoms with van der Waals surface area (Å²) in [4.78, 5) is 0. The zero-order valence-corrected chi connectivity index (χ0v) is 12.7. The molecule has 21 heavy (non-hydrogen) atoms. The van der Waals surface area contributed by atoms with Crippen LogP contribution in [-0.4, -0.2) is 39.6 Å². The molecule has 120 valence electrons. The summed E-state index contributed by atoms with van der Waals surface area (Å²) >= 11 is 5.95. The van der Waals surface area contributed by atoms with Crippen molar-refractivity contribution >= 4 is 11.6 Å². The highest BCUT2D eigenvalue weighted by Crippen LogP contribution is 2.24. The standard InChI is InChI=1S/C14H19ClF3NO2/c1-19-12(5-6-21-9-14(16,17)18)8-10-7-11(15)3-4-13(10)20-2/h3-4,7,12,19H,5-6,8-9H2,1-2H3. The van der Waals surface area contributed by atoms with Crippen LogP contribution in [-0.2, 0) is 11.2 Å². The van der Waals surface area contributed by atoms with E-state index in [2.05, 4.69) is 10.1 Å². The highest BCUT2D eigenvalue weighted by molar-refractivity contribution is 6.30. The van der Waals surface area contributed by atoms with Crippen molar-refractivity contribution in [3.05, 3.63) is 28.8 Å². The molecule has 0 fully saturated rings. The number of halogens is 4. The van der Waals surface area contributed by atoms with Crippen LogP contribution in [0, 0.1) is 0 Å². The minimum absolute atomic E-state index is 0.0226. The molecule has 0 aromatic heterocycles. The maximum atomic E-state index is 12.0. The van der Waals surface area contributed by atoms with Gasteiger partial charge in [-0.3, -0.25) is 0 Å². The number of likely N-dealkylation sites (N-methyl/N-ethyl adjacent to an activating group) is 1. The van der Waals surface area contributed by atoms with Crippen molar-refractivity contribution < 1.29 is 22.6 Å². The predicted octanol–water partition coefficient (Wildman–Crippen LogP) is 3.45. The number of benzene rings is 1. The number of methoxy groups -OCH3 is 1. The molecule has 1 N–H and O–H groups in total. The first-order valence-corrected chi connectivity index (χ1v) is 6.87. The first kappa shape index (κ1) is 18.1. The van der Waals surface area contributed by atoms with Gasteiger partial charge >= 0.3 is 6.18 Å². The van der Waals surface area contributed by atoms with E-state index < -0.39 is 12.8 Å². The third kappa shape index (κ3) is 7.02. The van der Waals surface area contributed by atoms with E-state index in [0.29, 0.717) is 23.6 Å². The van der Waals surface area contributed by atoms with Crippen LogP contribution in [0.5, 0.6) is 5.75 Å². The van der Waals surface area contributed by atoms with E-state index in [-0.39, 0.29) is 12.6 Å². The second kappa shape index (κ2) is 8.46. The van der Waals surface area contributed by atoms with Gasteiger partial charge in [0.15, 0.2) is 0 Å². The lowest BCUT2D eigenvalue weighted by Gasteiger charge is -2.18. The Hall–Kier alpha value is -0.980. The largest absolute Gasteiger partial charge is 0.496 e. The monoisotopic (exact) mass is 325 g/mol. The van der Waals surface area contributed by atoms with Gasteiger partial charge in [0.05, 0.1) is 7.11 Å². The van der Waals surface area contributed by atoms with Gasteiger partial charge < -0.3 is 14.8 Å². The molecule has 1 atom stereocenters. The normalized spacial score (nSPS) is 13.2. The summed E-state index contributed by atoms with van der Waals surface area (Å²) in [7, 11) is 3.32. The lowest BCUT2D eigenvalue weighted by molar-refractivity contribution is -0.174. The van der Waals surface area contributed by atoms with Crippen molar-refractivity contribution in [2.24, 2.45) is 0 Å². The zero-order chi connectivity index (χ0) is 15.9. The fourth-order valence-corrected chi connectivity index (χ4v) is 2.13. The van der Waals surface area contributed by atoms with Gasteiger partial charge in [-0.15, -0.1) is 0 Å². The van der Waals surface area contributed by atoms with Crippen molar-refractivity contribution in [3.63, 3.8) is 0 Å². The quantitative estimate of drug-likeness (QED) is 0.743. The fraction of sp³-hybridized carbons (Fsp3) is 0.571. The second-order valence-electron chi connectivity index (χ2n) is 4.60. The van der Waals surface area contributed by atoms with Gasteiger partial charge in [0.2, 0.25) is 0 Å². The van der Waals surface area contributed by atoms with E-state index >= 15 is 0 Å². The zero-order valence-electron chi connectivity index (χ0n) is 12.0. The average molecular weight is 326 g/mol. The van der Waals surface area contributed by atoms with Crippen molar-refractivity contribution in [2.75, 3.05) is 27.4 Å². The van der Waals surface area contributed by atoms with E-state index in [1.807, 2.05) is 0 Å². The molecule has 0 aliphatic heterocycles. The predicted molar refractivity (Wildman–Crippen MR) is 76.0 cm³/mol. The van der Waals surface area contributed by atoms with Crippen molar-refractivity contribution in [2.45, 2.75) is 25.1 Å². The van der Waals surface area contributed by atoms with E-state index in [9.17, 15) is 13.2 Å². The summed E-state index contributed by atoms with van der Waals surface area (Å²) in [5.41, 5.74) is 0.903. The van der Waals surface area contributed by atoms with Gasteiger partial charge in [0, 0.05) is 17.7 Å². The molecule has 0 spiro atoms. The summed E-state index contributed by atoms with van der Waals surface area (Å²) in [6, 6.07) is 5.27. The van der Waals surface area contributed by atoms with Crippen LogP contribution >= 0.6 is 11.6 Å². The summed E-state index contributed by atoms with van der Waals surface area (Å²) in [6.45, 7) is -1.18. The molecule has 1 aromatic carbocycles. The number of hydrogen-bond acceptors (Lipinski definition) is 3. The van der Waals surface area contributed by atoms with Crippen LogP contribution in [0.2, 0.25) is 5.02 Å². The van der Waals surface area contributed by atoms with Gasteiger partial charge in [-0.2, -0.15) is 13.2 Å². The Bertz CT molecular complexity index is 441. The van der Waals surface area contributed by atoms with Crippen LogP contribution in [0.3, 0.4) is 0 Å². The molecular weight excluding hydrogens is 307 g/mol. The highest BCUT2D eigenvalue weighted by Gasteiger charge is 2.27. The maximum absolute atomic E-state index is 12.0. The molecule has 0 aliphatic rings. The van der Waals surface area contributed by atoms with Gasteiger partial charge in [0.25, 0.3) is 0 Å². The van der Waals surface area contributed by atoms with E-state index in [1.54, 1.807) is 32.4 Å². The number of hydrogen-bond donors (Lipinski definition) is 1. The topological polar surface area (TPSA) is 30.5 Å². The van der Waals surface area contributed by atoms with Gasteiger partial charge in [-0.05, 0) is 43.7 Å². The molecule has 0 amide bonds. The second-order valence-corrected chi connectivity index (χ2v) is 5.04. The molecule has 3 nitrogen and oxygen atoms in total. The lowest BCUT2D eigenvalue weighted by Crippen LogP contribution is -2.30. The molecule has 0 saturated heterocycles. The summed E-state index contributed by atoms with van der Waals surface area (Å²) < 4.78 is 45.8. The third-order valence-corrected chi connectivity index (χ3v) is 3.23. The molecule has 0 bridgehead atoms. The molecule has 0 saturated carbocycles. The Morgan fingerprint density at radius 3 is 2.62 bits per heavy atom. The number of rotatable bonds is 8. The van der Waals surface area contributed by atoms with Gasteiger partial charge in [-0.1, -0.05) is 11.6 Å². The van der Waals surface area contributed by atoms with Gasteiger partial charge in [0.1, 0.15) is 12.4 Å². The number of alkyl halides is 3. The molecule has 0 radical (unpaired) electrons. The molecule has 1 unspecified atom stereocenters. The minimum Gasteiger partial charge on any atom is -0.496 e. The molecule has 0 heterocycles. The Morgan fingerprint density at radius 2 is 2.05 bits per heavy atom. The number of ether oxygens (including phenoxy) is 2. The van der Waals surface area contributed by atoms with Gasteiger partial charge in [-0.25, -0.2) is 0 Å². The summed E-state index contributed by atoms with van der Waals surface area (Å²) in [5, 5.41) is 3.65. The molecule has 7 heteroatoms. The fourth-order valence-electron chi connectivity index (χ4n) is 1.93. The van der Waals surface area contributed by atoms with E-state index in [4.69, 9.17) is 16.3 Å². The van der Waals surface area contributed by atoms with Crippen LogP contribution in [0.1, 0.15) is 12.0 Å². The average Bonchev–Trinajstić information content (AvgIpc) is 2.41. The summed E-state index contributed by atoms with van der Waals surface area (Å²) in [5.74, 6) is 0.704. The van der Waals surface area contributed by atoms with Crippen LogP contribution in [0.4, 0.5) is 13.2 Å². The first-order valence-electron chi connectivity index (χ1n) is 6.50. The molecule has 1 aromatic rings. The minimum atomic E-state index is -4.29. The smallest absolute Gasteiger partial charge is 0.411 e. The number of nitrogens with one attached hydrogen (secondary N) is 1. The van der Waals surface area contributed by atoms with Crippen molar-refractivity contribution in [1.29, 1.82) is 0 Å². The van der Waals surface area contributed by atoms with Crippen LogP contribution in [0.15, 0.2) is 18.2 Å². The molecule has 1 rings (SSSR count). The molecular formula is C14H19ClF3NO2. The maximum Gasteiger partial charge on any atom is 0.411 e. The Kier molecular flexibility index (Phi) is 7.28. The Morgan fingerprint density at radius 1 is 1.33 bits per heavy atom. The highest BCUT2D eigenvalue weighted by atomic mass is 35.5. The Balaban J connectivity index is 2.52. The SMILES string of the molecule is CNC(CCOCC(F)(F)F)Cc1cc(Cl)ccc1OC. The lowest BCUT2D eigenvalue weighted by atomic mass is 10.0. The third-order valence-electron chi connectivity index (χ3n) is 2.99. The first-order chi connectivity index (χ1) is 9.85. The molecule has 0 aliphatic carbocycles.